The molecule has 0 aromatic rings. The maximum absolute atomic E-state index is 8.68. The van der Waals surface area contributed by atoms with Gasteiger partial charge in [-0.2, -0.15) is 0 Å². The number of hydrogen-bond donors (Lipinski definition) is 3. The van der Waals surface area contributed by atoms with Crippen LogP contribution in [0.25, 0.3) is 0 Å². The van der Waals surface area contributed by atoms with Gasteiger partial charge in [-0.3, -0.25) is 0 Å². The van der Waals surface area contributed by atoms with Crippen molar-refractivity contribution in [1.82, 2.24) is 0 Å². The maximum Gasteiger partial charge on any atom is 0.503 e. The first-order valence-electron chi connectivity index (χ1n) is 1.43. The van der Waals surface area contributed by atoms with Crippen LogP contribution in [0.2, 0.25) is 0 Å². The van der Waals surface area contributed by atoms with Crippen LogP contribution in [0.1, 0.15) is 0 Å². The van der Waals surface area contributed by atoms with Crippen LogP contribution in [-0.4, -0.2) is 10.3 Å². The van der Waals surface area contributed by atoms with E-state index in [1.165, 1.54) is 0 Å². The third kappa shape index (κ3) is 244. The molecule has 0 atom stereocenters. The average Bonchev–Trinajstić information content (AvgIpc) is 1.54. The minimum absolute atomic E-state index is 0. The van der Waals surface area contributed by atoms with Gasteiger partial charge in [0.1, 0.15) is 0 Å². The maximum atomic E-state index is 8.68. The van der Waals surface area contributed by atoms with E-state index in [0.29, 0.717) is 0 Å². The van der Waals surface area contributed by atoms with Crippen molar-refractivity contribution in [3.8, 4) is 0 Å². The summed E-state index contributed by atoms with van der Waals surface area (Å²) < 4.78 is 73.4. The van der Waals surface area contributed by atoms with Crippen molar-refractivity contribution >= 4 is 0 Å². The second-order valence-electron chi connectivity index (χ2n) is 0.603. The van der Waals surface area contributed by atoms with Crippen LogP contribution in [0.15, 0.2) is 0 Å². The van der Waals surface area contributed by atoms with E-state index in [2.05, 4.69) is 0 Å². The molecule has 0 rings (SSSR count). The topological polar surface area (TPSA) is 199 Å². The molecule has 0 saturated heterocycles. The van der Waals surface area contributed by atoms with Gasteiger partial charge in [-0.25, -0.2) is 0 Å². The van der Waals surface area contributed by atoms with E-state index in [9.17, 15) is 0 Å². The zero-order chi connectivity index (χ0) is 10.7. The van der Waals surface area contributed by atoms with Crippen molar-refractivity contribution < 1.29 is 141 Å². The Morgan fingerprint density at radius 2 is 0.538 bits per heavy atom. The fourth-order valence-electron chi connectivity index (χ4n) is 0. The molecule has 0 aromatic carbocycles. The first kappa shape index (κ1) is 25.3. The zero-order valence-corrected chi connectivity index (χ0v) is 13.4. The Morgan fingerprint density at radius 1 is 0.538 bits per heavy atom. The monoisotopic (exact) mass is 702 g/mol. The van der Waals surface area contributed by atoms with Gasteiger partial charge in [0.25, 0.3) is 0 Å². The molecule has 9 nitrogen and oxygen atoms in total. The van der Waals surface area contributed by atoms with Gasteiger partial charge in [-0.05, 0) is 10.3 Å². The van der Waals surface area contributed by atoms with Crippen molar-refractivity contribution in [1.29, 1.82) is 0 Å². The van der Waals surface area contributed by atoms with Crippen LogP contribution < -0.4 is 83.8 Å². The van der Waals surface area contributed by atoms with Gasteiger partial charge in [0, 0.05) is 46.9 Å². The van der Waals surface area contributed by atoms with E-state index in [-0.39, 0.29) is 46.9 Å². The predicted molar refractivity (Wildman–Crippen MR) is 6.66 cm³/mol. The summed E-state index contributed by atoms with van der Waals surface area (Å²) in [5.41, 5.74) is 0. The summed E-state index contributed by atoms with van der Waals surface area (Å²) in [7, 11) is 0. The Morgan fingerprint density at radius 3 is 0.538 bits per heavy atom. The third-order valence-corrected chi connectivity index (χ3v) is 0. The molecule has 92 valence electrons. The van der Waals surface area contributed by atoms with E-state index in [1.807, 2.05) is 0 Å². The summed E-state index contributed by atoms with van der Waals surface area (Å²) in [6.07, 6.45) is 0. The molecule has 0 aliphatic carbocycles. The van der Waals surface area contributed by atoms with Gasteiger partial charge < -0.3 is 20.6 Å². The predicted octanol–water partition coefficient (Wildman–Crippen LogP) is -17.8. The molecule has 0 fully saturated rings. The first-order valence-corrected chi connectivity index (χ1v) is 9.61. The molecule has 0 radical (unpaired) electrons. The van der Waals surface area contributed by atoms with Crippen LogP contribution >= 0.6 is 0 Å². The van der Waals surface area contributed by atoms with E-state index >= 15 is 0 Å². The second-order valence-corrected chi connectivity index (χ2v) is 4.05. The van der Waals surface area contributed by atoms with E-state index in [0.717, 1.165) is 0 Å². The molecule has 13 heavy (non-hydrogen) atoms. The van der Waals surface area contributed by atoms with Gasteiger partial charge in [-0.15, -0.1) is 0 Å². The Hall–Kier alpha value is 3.35. The standard InChI is InChI=1S/3HIO3.Yb/c3*2-1(3)4;/h3*2H;. The molecule has 3 N–H and O–H groups in total. The second kappa shape index (κ2) is 20.7. The van der Waals surface area contributed by atoms with Gasteiger partial charge >= 0.3 is 63.2 Å². The average molecular weight is 701 g/mol. The molecule has 13 heteroatoms. The molecule has 0 heterocycles. The van der Waals surface area contributed by atoms with Gasteiger partial charge in [0.05, 0.1) is 0 Å². The molecular weight excluding hydrogens is 698 g/mol. The van der Waals surface area contributed by atoms with Crippen LogP contribution in [0.3, 0.4) is 0 Å². The summed E-state index contributed by atoms with van der Waals surface area (Å²) in [4.78, 5) is 0. The SMILES string of the molecule is [O-][I+2]([O-])O.[O-][I+2]([O-])O.[O-][I+2]([O-])O.[Yb]. The van der Waals surface area contributed by atoms with Crippen LogP contribution in [0.4, 0.5) is 0 Å². The summed E-state index contributed by atoms with van der Waals surface area (Å²) in [5, 5.41) is 0. The zero-order valence-electron chi connectivity index (χ0n) is 5.19. The number of rotatable bonds is 0. The first-order chi connectivity index (χ1) is 5.20. The molecule has 0 saturated carbocycles. The Kier molecular flexibility index (Phi) is 40.3. The molecule has 0 bridgehead atoms. The number of halogens is 3. The van der Waals surface area contributed by atoms with Crippen molar-refractivity contribution in [2.24, 2.45) is 0 Å². The summed E-state index contributed by atoms with van der Waals surface area (Å²) >= 11 is -11.3. The third-order valence-electron chi connectivity index (χ3n) is 0. The molecule has 0 unspecified atom stereocenters. The van der Waals surface area contributed by atoms with Gasteiger partial charge in [0.15, 0.2) is 0 Å². The normalized spacial score (nSPS) is 8.31. The minimum Gasteiger partial charge on any atom is -0.396 e. The summed E-state index contributed by atoms with van der Waals surface area (Å²) in [6, 6.07) is 0. The van der Waals surface area contributed by atoms with Crippen LogP contribution in [-0.2, 0) is 0 Å². The fraction of sp³-hybridized carbons (Fsp3) is 0. The smallest absolute Gasteiger partial charge is 0.396 e. The van der Waals surface area contributed by atoms with Crippen LogP contribution in [0, 0.1) is 46.9 Å². The Balaban J connectivity index is -0.0000000450. The van der Waals surface area contributed by atoms with Crippen molar-refractivity contribution in [2.45, 2.75) is 0 Å². The Labute approximate surface area is 138 Å². The molecule has 0 aliphatic heterocycles. The van der Waals surface area contributed by atoms with Crippen LogP contribution in [0.5, 0.6) is 0 Å². The molecule has 0 aromatic heterocycles. The molecule has 0 spiro atoms. The van der Waals surface area contributed by atoms with E-state index in [1.54, 1.807) is 0 Å². The minimum atomic E-state index is -3.76. The largest absolute Gasteiger partial charge is 0.503 e. The molecule has 0 amide bonds. The summed E-state index contributed by atoms with van der Waals surface area (Å²) in [6.45, 7) is 0. The quantitative estimate of drug-likeness (QED) is 0.206. The summed E-state index contributed by atoms with van der Waals surface area (Å²) in [5.74, 6) is 0. The number of hydrogen-bond acceptors (Lipinski definition) is 9. The van der Waals surface area contributed by atoms with Gasteiger partial charge in [0.2, 0.25) is 0 Å². The Bertz CT molecular complexity index is 43.4. The van der Waals surface area contributed by atoms with E-state index in [4.69, 9.17) is 30.9 Å². The van der Waals surface area contributed by atoms with Crippen molar-refractivity contribution in [2.75, 3.05) is 0 Å². The van der Waals surface area contributed by atoms with Crippen molar-refractivity contribution in [3.63, 3.8) is 0 Å². The molecule has 0 aliphatic rings. The van der Waals surface area contributed by atoms with E-state index < -0.39 is 63.2 Å². The molecular formula is H3I3O9Yb. The van der Waals surface area contributed by atoms with Gasteiger partial charge in [-0.1, -0.05) is 0 Å². The fourth-order valence-corrected chi connectivity index (χ4v) is 0. The van der Waals surface area contributed by atoms with Crippen molar-refractivity contribution in [3.05, 3.63) is 0 Å².